The highest BCUT2D eigenvalue weighted by atomic mass is 16.5. The number of benzene rings is 1. The molecule has 0 saturated carbocycles. The van der Waals surface area contributed by atoms with Crippen LogP contribution in [-0.4, -0.2) is 54.5 Å². The fourth-order valence-electron chi connectivity index (χ4n) is 2.95. The van der Waals surface area contributed by atoms with E-state index in [4.69, 9.17) is 4.74 Å². The summed E-state index contributed by atoms with van der Waals surface area (Å²) in [4.78, 5) is 37.4. The second kappa shape index (κ2) is 7.92. The molecule has 0 unspecified atom stereocenters. The van der Waals surface area contributed by atoms with Crippen molar-refractivity contribution in [1.82, 2.24) is 10.2 Å². The first-order valence-electron chi connectivity index (χ1n) is 7.81. The zero-order valence-corrected chi connectivity index (χ0v) is 13.8. The summed E-state index contributed by atoms with van der Waals surface area (Å²) in [6.45, 7) is 0.546. The summed E-state index contributed by atoms with van der Waals surface area (Å²) >= 11 is 0. The van der Waals surface area contributed by atoms with Gasteiger partial charge >= 0.3 is 5.97 Å². The first-order chi connectivity index (χ1) is 11.5. The Bertz CT molecular complexity index is 614. The molecule has 1 aromatic rings. The number of hydrogen-bond acceptors (Lipinski definition) is 4. The van der Waals surface area contributed by atoms with Gasteiger partial charge in [0.2, 0.25) is 5.91 Å². The number of ether oxygens (including phenoxy) is 1. The first kappa shape index (κ1) is 17.9. The third-order valence-electron chi connectivity index (χ3n) is 4.26. The average Bonchev–Trinajstić information content (AvgIpc) is 2.60. The molecule has 1 aliphatic rings. The van der Waals surface area contributed by atoms with E-state index in [-0.39, 0.29) is 30.7 Å². The van der Waals surface area contributed by atoms with Crippen molar-refractivity contribution in [2.75, 3.05) is 20.7 Å². The molecule has 0 bridgehead atoms. The lowest BCUT2D eigenvalue weighted by Crippen LogP contribution is -2.53. The maximum Gasteiger partial charge on any atom is 0.326 e. The Hall–Kier alpha value is -2.41. The van der Waals surface area contributed by atoms with Crippen LogP contribution in [0, 0.1) is 5.92 Å². The Morgan fingerprint density at radius 2 is 1.92 bits per heavy atom. The smallest absolute Gasteiger partial charge is 0.326 e. The van der Waals surface area contributed by atoms with E-state index in [2.05, 4.69) is 5.32 Å². The maximum absolute atomic E-state index is 12.7. The Kier molecular flexibility index (Phi) is 5.92. The van der Waals surface area contributed by atoms with Gasteiger partial charge in [-0.05, 0) is 30.5 Å². The Morgan fingerprint density at radius 3 is 2.46 bits per heavy atom. The van der Waals surface area contributed by atoms with Crippen LogP contribution in [0.1, 0.15) is 28.8 Å². The van der Waals surface area contributed by atoms with Gasteiger partial charge in [0.05, 0.1) is 12.5 Å². The summed E-state index contributed by atoms with van der Waals surface area (Å²) in [6, 6.07) is 5.94. The fourth-order valence-corrected chi connectivity index (χ4v) is 2.95. The third kappa shape index (κ3) is 3.91. The van der Waals surface area contributed by atoms with Crippen LogP contribution in [0.2, 0.25) is 0 Å². The molecular formula is C17H22N2O5. The van der Waals surface area contributed by atoms with E-state index in [0.29, 0.717) is 18.6 Å². The Labute approximate surface area is 140 Å². The molecule has 24 heavy (non-hydrogen) atoms. The quantitative estimate of drug-likeness (QED) is 0.833. The second-order valence-electron chi connectivity index (χ2n) is 5.83. The first-order valence-corrected chi connectivity index (χ1v) is 7.81. The van der Waals surface area contributed by atoms with Crippen LogP contribution in [0.4, 0.5) is 0 Å². The van der Waals surface area contributed by atoms with Crippen LogP contribution in [0.15, 0.2) is 24.3 Å². The van der Waals surface area contributed by atoms with Gasteiger partial charge in [-0.25, -0.2) is 4.79 Å². The molecule has 1 fully saturated rings. The van der Waals surface area contributed by atoms with Crippen LogP contribution in [-0.2, 0) is 20.9 Å². The second-order valence-corrected chi connectivity index (χ2v) is 5.83. The molecule has 0 aliphatic carbocycles. The molecule has 1 aliphatic heterocycles. The number of methoxy groups -OCH3 is 1. The van der Waals surface area contributed by atoms with Gasteiger partial charge in [0.15, 0.2) is 0 Å². The van der Waals surface area contributed by atoms with Gasteiger partial charge in [-0.2, -0.15) is 0 Å². The van der Waals surface area contributed by atoms with Crippen LogP contribution in [0.25, 0.3) is 0 Å². The fraction of sp³-hybridized carbons (Fsp3) is 0.471. The number of nitrogens with one attached hydrogen (secondary N) is 1. The molecule has 1 saturated heterocycles. The molecule has 2 amide bonds. The number of carboxylic acids is 1. The predicted molar refractivity (Wildman–Crippen MR) is 86.4 cm³/mol. The van der Waals surface area contributed by atoms with E-state index in [9.17, 15) is 19.5 Å². The molecule has 7 heteroatoms. The molecule has 2 atom stereocenters. The minimum Gasteiger partial charge on any atom is -0.480 e. The molecule has 1 heterocycles. The van der Waals surface area contributed by atoms with E-state index in [1.807, 2.05) is 0 Å². The summed E-state index contributed by atoms with van der Waals surface area (Å²) in [5.74, 6) is -1.98. The van der Waals surface area contributed by atoms with Crippen molar-refractivity contribution in [3.05, 3.63) is 35.4 Å². The highest BCUT2D eigenvalue weighted by molar-refractivity contribution is 5.97. The number of piperidine rings is 1. The summed E-state index contributed by atoms with van der Waals surface area (Å²) in [7, 11) is 3.12. The Morgan fingerprint density at radius 1 is 1.25 bits per heavy atom. The molecule has 130 valence electrons. The van der Waals surface area contributed by atoms with Crippen LogP contribution in [0.5, 0.6) is 0 Å². The molecule has 2 rings (SSSR count). The normalized spacial score (nSPS) is 20.5. The SMILES string of the molecule is CNC(=O)[C@H]1CC[C@@H](C(=O)O)N(C(=O)c2ccc(COC)cc2)C1. The van der Waals surface area contributed by atoms with Crippen molar-refractivity contribution in [1.29, 1.82) is 0 Å². The average molecular weight is 334 g/mol. The van der Waals surface area contributed by atoms with Gasteiger partial charge < -0.3 is 20.1 Å². The molecule has 0 radical (unpaired) electrons. The molecule has 2 N–H and O–H groups in total. The van der Waals surface area contributed by atoms with Crippen LogP contribution in [0.3, 0.4) is 0 Å². The van der Waals surface area contributed by atoms with Crippen molar-refractivity contribution in [2.24, 2.45) is 5.92 Å². The maximum atomic E-state index is 12.7. The zero-order valence-electron chi connectivity index (χ0n) is 13.8. The van der Waals surface area contributed by atoms with E-state index in [1.165, 1.54) is 11.9 Å². The van der Waals surface area contributed by atoms with Gasteiger partial charge in [0.1, 0.15) is 6.04 Å². The van der Waals surface area contributed by atoms with Gasteiger partial charge in [0.25, 0.3) is 5.91 Å². The Balaban J connectivity index is 2.21. The van der Waals surface area contributed by atoms with E-state index in [1.54, 1.807) is 31.4 Å². The zero-order chi connectivity index (χ0) is 17.7. The standard InChI is InChI=1S/C17H22N2O5/c1-18-15(20)13-7-8-14(17(22)23)19(9-13)16(21)12-5-3-11(4-6-12)10-24-2/h3-6,13-14H,7-10H2,1-2H3,(H,18,20)(H,22,23)/t13-,14-/m0/s1. The molecule has 0 spiro atoms. The van der Waals surface area contributed by atoms with Crippen molar-refractivity contribution in [3.8, 4) is 0 Å². The molecule has 1 aromatic carbocycles. The highest BCUT2D eigenvalue weighted by Crippen LogP contribution is 2.24. The van der Waals surface area contributed by atoms with Crippen molar-refractivity contribution >= 4 is 17.8 Å². The largest absolute Gasteiger partial charge is 0.480 e. The van der Waals surface area contributed by atoms with E-state index >= 15 is 0 Å². The molecular weight excluding hydrogens is 312 g/mol. The topological polar surface area (TPSA) is 95.9 Å². The summed E-state index contributed by atoms with van der Waals surface area (Å²) in [6.07, 6.45) is 0.716. The molecule has 0 aromatic heterocycles. The number of likely N-dealkylation sites (tertiary alicyclic amines) is 1. The van der Waals surface area contributed by atoms with E-state index in [0.717, 1.165) is 5.56 Å². The van der Waals surface area contributed by atoms with E-state index < -0.39 is 12.0 Å². The minimum absolute atomic E-state index is 0.106. The number of carbonyl (C=O) groups is 3. The highest BCUT2D eigenvalue weighted by Gasteiger charge is 2.38. The monoisotopic (exact) mass is 334 g/mol. The number of carboxylic acid groups (broad SMARTS) is 1. The van der Waals surface area contributed by atoms with Gasteiger partial charge in [-0.3, -0.25) is 9.59 Å². The summed E-state index contributed by atoms with van der Waals surface area (Å²) in [5, 5.41) is 12.0. The number of aliphatic carboxylic acids is 1. The minimum atomic E-state index is -1.05. The van der Waals surface area contributed by atoms with Gasteiger partial charge in [-0.1, -0.05) is 12.1 Å². The number of rotatable bonds is 5. The van der Waals surface area contributed by atoms with Gasteiger partial charge in [-0.15, -0.1) is 0 Å². The molecule has 7 nitrogen and oxygen atoms in total. The number of amides is 2. The number of nitrogens with zero attached hydrogens (tertiary/aromatic N) is 1. The van der Waals surface area contributed by atoms with Crippen LogP contribution >= 0.6 is 0 Å². The predicted octanol–water partition coefficient (Wildman–Crippen LogP) is 0.884. The van der Waals surface area contributed by atoms with Crippen molar-refractivity contribution in [3.63, 3.8) is 0 Å². The summed E-state index contributed by atoms with van der Waals surface area (Å²) < 4.78 is 5.03. The third-order valence-corrected chi connectivity index (χ3v) is 4.26. The van der Waals surface area contributed by atoms with Gasteiger partial charge in [0, 0.05) is 26.3 Å². The lowest BCUT2D eigenvalue weighted by molar-refractivity contribution is -0.145. The van der Waals surface area contributed by atoms with Crippen molar-refractivity contribution in [2.45, 2.75) is 25.5 Å². The van der Waals surface area contributed by atoms with Crippen LogP contribution < -0.4 is 5.32 Å². The lowest BCUT2D eigenvalue weighted by atomic mass is 9.91. The number of hydrogen-bond donors (Lipinski definition) is 2. The lowest BCUT2D eigenvalue weighted by Gasteiger charge is -2.36. The number of carbonyl (C=O) groups excluding carboxylic acids is 2. The summed E-state index contributed by atoms with van der Waals surface area (Å²) in [5.41, 5.74) is 1.32. The van der Waals surface area contributed by atoms with Crippen molar-refractivity contribution < 1.29 is 24.2 Å².